The van der Waals surface area contributed by atoms with Crippen molar-refractivity contribution < 1.29 is 0 Å². The number of hydrogen-bond acceptors (Lipinski definition) is 3. The van der Waals surface area contributed by atoms with E-state index < -0.39 is 0 Å². The monoisotopic (exact) mass is 243 g/mol. The standard InChI is InChI=1S/C8H11N.C7H10N2/c1-3-8-5-4-7(2)9-6-8;1-9(2)7-5-3-4-6-8-7/h4-6H,3H2,1-2H3;3-6H,1-2H3. The topological polar surface area (TPSA) is 29.0 Å². The van der Waals surface area contributed by atoms with Gasteiger partial charge < -0.3 is 4.90 Å². The van der Waals surface area contributed by atoms with Gasteiger partial charge in [-0.2, -0.15) is 0 Å². The van der Waals surface area contributed by atoms with Crippen LogP contribution < -0.4 is 4.90 Å². The average Bonchev–Trinajstić information content (AvgIpc) is 2.41. The molecule has 0 aromatic carbocycles. The van der Waals surface area contributed by atoms with Crippen molar-refractivity contribution in [3.05, 3.63) is 54.0 Å². The second kappa shape index (κ2) is 7.43. The van der Waals surface area contributed by atoms with E-state index in [1.54, 1.807) is 6.20 Å². The Hall–Kier alpha value is -1.90. The molecule has 3 heteroatoms. The maximum Gasteiger partial charge on any atom is 0.127 e. The lowest BCUT2D eigenvalue weighted by atomic mass is 10.2. The Morgan fingerprint density at radius 3 is 2.22 bits per heavy atom. The highest BCUT2D eigenvalue weighted by molar-refractivity contribution is 5.34. The van der Waals surface area contributed by atoms with Gasteiger partial charge in [0, 0.05) is 32.2 Å². The van der Waals surface area contributed by atoms with E-state index in [-0.39, 0.29) is 0 Å². The number of hydrogen-bond donors (Lipinski definition) is 0. The lowest BCUT2D eigenvalue weighted by Crippen LogP contribution is -2.09. The molecule has 96 valence electrons. The Bertz CT molecular complexity index is 435. The molecule has 0 spiro atoms. The highest BCUT2D eigenvalue weighted by Gasteiger charge is 1.89. The fourth-order valence-corrected chi connectivity index (χ4v) is 1.33. The van der Waals surface area contributed by atoms with Crippen LogP contribution >= 0.6 is 0 Å². The Balaban J connectivity index is 0.000000180. The zero-order chi connectivity index (χ0) is 13.4. The number of nitrogens with zero attached hydrogens (tertiary/aromatic N) is 3. The molecule has 0 atom stereocenters. The van der Waals surface area contributed by atoms with Crippen LogP contribution in [0.25, 0.3) is 0 Å². The first-order valence-electron chi connectivity index (χ1n) is 6.13. The van der Waals surface area contributed by atoms with Crippen LogP contribution in [-0.4, -0.2) is 24.1 Å². The normalized spacial score (nSPS) is 9.33. The van der Waals surface area contributed by atoms with E-state index in [1.165, 1.54) is 5.56 Å². The maximum absolute atomic E-state index is 4.15. The van der Waals surface area contributed by atoms with Gasteiger partial charge in [0.25, 0.3) is 0 Å². The first kappa shape index (κ1) is 14.2. The van der Waals surface area contributed by atoms with Crippen molar-refractivity contribution in [3.63, 3.8) is 0 Å². The Morgan fingerprint density at radius 2 is 1.83 bits per heavy atom. The maximum atomic E-state index is 4.15. The van der Waals surface area contributed by atoms with Crippen molar-refractivity contribution >= 4 is 5.82 Å². The van der Waals surface area contributed by atoms with Gasteiger partial charge in [-0.25, -0.2) is 4.98 Å². The summed E-state index contributed by atoms with van der Waals surface area (Å²) in [6.45, 7) is 4.13. The highest BCUT2D eigenvalue weighted by Crippen LogP contribution is 2.02. The van der Waals surface area contributed by atoms with Gasteiger partial charge in [-0.05, 0) is 37.1 Å². The van der Waals surface area contributed by atoms with Crippen molar-refractivity contribution in [2.45, 2.75) is 20.3 Å². The first-order chi connectivity index (χ1) is 8.63. The minimum absolute atomic E-state index is 0.998. The molecule has 0 radical (unpaired) electrons. The first-order valence-corrected chi connectivity index (χ1v) is 6.13. The number of anilines is 1. The molecular weight excluding hydrogens is 222 g/mol. The average molecular weight is 243 g/mol. The van der Waals surface area contributed by atoms with Crippen LogP contribution in [0, 0.1) is 6.92 Å². The SMILES string of the molecule is CCc1ccc(C)nc1.CN(C)c1ccccn1. The highest BCUT2D eigenvalue weighted by atomic mass is 15.1. The third kappa shape index (κ3) is 4.95. The summed E-state index contributed by atoms with van der Waals surface area (Å²) < 4.78 is 0. The molecule has 2 rings (SSSR count). The summed E-state index contributed by atoms with van der Waals surface area (Å²) in [6, 6.07) is 10.0. The van der Waals surface area contributed by atoms with Crippen LogP contribution in [0.5, 0.6) is 0 Å². The van der Waals surface area contributed by atoms with Crippen molar-refractivity contribution in [3.8, 4) is 0 Å². The molecule has 3 nitrogen and oxygen atoms in total. The van der Waals surface area contributed by atoms with Crippen molar-refractivity contribution in [1.29, 1.82) is 0 Å². The number of pyridine rings is 2. The van der Waals surface area contributed by atoms with Crippen molar-refractivity contribution in [2.75, 3.05) is 19.0 Å². The summed E-state index contributed by atoms with van der Waals surface area (Å²) in [5.74, 6) is 0.998. The molecule has 2 heterocycles. The molecule has 18 heavy (non-hydrogen) atoms. The van der Waals surface area contributed by atoms with Crippen LogP contribution in [0.4, 0.5) is 5.82 Å². The molecule has 0 aliphatic carbocycles. The van der Waals surface area contributed by atoms with E-state index in [9.17, 15) is 0 Å². The minimum Gasteiger partial charge on any atom is -0.363 e. The Morgan fingerprint density at radius 1 is 1.06 bits per heavy atom. The lowest BCUT2D eigenvalue weighted by molar-refractivity contribution is 1.07. The van der Waals surface area contributed by atoms with Gasteiger partial charge >= 0.3 is 0 Å². The van der Waals surface area contributed by atoms with Crippen LogP contribution in [0.3, 0.4) is 0 Å². The van der Waals surface area contributed by atoms with Crippen LogP contribution in [0.1, 0.15) is 18.2 Å². The van der Waals surface area contributed by atoms with E-state index in [0.29, 0.717) is 0 Å². The van der Waals surface area contributed by atoms with Gasteiger partial charge in [0.2, 0.25) is 0 Å². The van der Waals surface area contributed by atoms with E-state index >= 15 is 0 Å². The summed E-state index contributed by atoms with van der Waals surface area (Å²) in [5, 5.41) is 0. The fourth-order valence-electron chi connectivity index (χ4n) is 1.33. The largest absolute Gasteiger partial charge is 0.363 e. The molecular formula is C15H21N3. The van der Waals surface area contributed by atoms with Gasteiger partial charge in [0.15, 0.2) is 0 Å². The summed E-state index contributed by atoms with van der Waals surface area (Å²) >= 11 is 0. The molecule has 0 N–H and O–H groups in total. The van der Waals surface area contributed by atoms with E-state index in [4.69, 9.17) is 0 Å². The molecule has 0 fully saturated rings. The molecule has 2 aromatic heterocycles. The van der Waals surface area contributed by atoms with E-state index in [0.717, 1.165) is 17.9 Å². The summed E-state index contributed by atoms with van der Waals surface area (Å²) in [6.07, 6.45) is 4.79. The van der Waals surface area contributed by atoms with Crippen LogP contribution in [-0.2, 0) is 6.42 Å². The third-order valence-corrected chi connectivity index (χ3v) is 2.49. The molecule has 0 bridgehead atoms. The second-order valence-electron chi connectivity index (χ2n) is 4.24. The molecule has 2 aromatic rings. The van der Waals surface area contributed by atoms with Crippen molar-refractivity contribution in [1.82, 2.24) is 9.97 Å². The zero-order valence-corrected chi connectivity index (χ0v) is 11.6. The Kier molecular flexibility index (Phi) is 5.85. The zero-order valence-electron chi connectivity index (χ0n) is 11.6. The molecule has 0 saturated carbocycles. The second-order valence-corrected chi connectivity index (χ2v) is 4.24. The molecule has 0 amide bonds. The summed E-state index contributed by atoms with van der Waals surface area (Å²) in [5.41, 5.74) is 2.40. The van der Waals surface area contributed by atoms with Gasteiger partial charge in [-0.3, -0.25) is 4.98 Å². The van der Waals surface area contributed by atoms with Gasteiger partial charge in [0.05, 0.1) is 0 Å². The van der Waals surface area contributed by atoms with Gasteiger partial charge in [-0.15, -0.1) is 0 Å². The Labute approximate surface area is 110 Å². The predicted octanol–water partition coefficient (Wildman–Crippen LogP) is 3.10. The van der Waals surface area contributed by atoms with Crippen molar-refractivity contribution in [2.24, 2.45) is 0 Å². The van der Waals surface area contributed by atoms with Crippen LogP contribution in [0.2, 0.25) is 0 Å². The quantitative estimate of drug-likeness (QED) is 0.811. The number of rotatable bonds is 2. The smallest absolute Gasteiger partial charge is 0.127 e. The molecule has 0 aliphatic rings. The number of aryl methyl sites for hydroxylation is 2. The molecule has 0 unspecified atom stereocenters. The van der Waals surface area contributed by atoms with Gasteiger partial charge in [0.1, 0.15) is 5.82 Å². The molecule has 0 saturated heterocycles. The third-order valence-electron chi connectivity index (χ3n) is 2.49. The minimum atomic E-state index is 0.998. The number of aromatic nitrogens is 2. The fraction of sp³-hybridized carbons (Fsp3) is 0.333. The predicted molar refractivity (Wildman–Crippen MR) is 76.9 cm³/mol. The summed E-state index contributed by atoms with van der Waals surface area (Å²) in [4.78, 5) is 10.2. The summed E-state index contributed by atoms with van der Waals surface area (Å²) in [7, 11) is 3.95. The molecule has 0 aliphatic heterocycles. The van der Waals surface area contributed by atoms with Crippen LogP contribution in [0.15, 0.2) is 42.7 Å². The van der Waals surface area contributed by atoms with E-state index in [1.807, 2.05) is 56.4 Å². The lowest BCUT2D eigenvalue weighted by Gasteiger charge is -2.08. The van der Waals surface area contributed by atoms with Gasteiger partial charge in [-0.1, -0.05) is 19.1 Å². The van der Waals surface area contributed by atoms with E-state index in [2.05, 4.69) is 23.0 Å².